The van der Waals surface area contributed by atoms with Gasteiger partial charge in [0.15, 0.2) is 4.90 Å². The second-order valence-corrected chi connectivity index (χ2v) is 7.02. The summed E-state index contributed by atoms with van der Waals surface area (Å²) in [6, 6.07) is 22.8. The molecule has 0 aliphatic rings. The molecular weight excluding hydrogens is 354 g/mol. The van der Waals surface area contributed by atoms with Crippen molar-refractivity contribution in [3.63, 3.8) is 0 Å². The van der Waals surface area contributed by atoms with Crippen molar-refractivity contribution in [1.82, 2.24) is 0 Å². The lowest BCUT2D eigenvalue weighted by Crippen LogP contribution is -2.15. The Morgan fingerprint density at radius 2 is 1.23 bits per heavy atom. The molecule has 0 unspecified atom stereocenters. The monoisotopic (exact) mass is 369 g/mol. The molecule has 0 radical (unpaired) electrons. The SMILES string of the molecule is O=[N+]([O-])c1ccccc1S(=O)(=O)OC(c1ccccc1)c1ccccc1. The minimum atomic E-state index is -4.37. The highest BCUT2D eigenvalue weighted by molar-refractivity contribution is 7.87. The Morgan fingerprint density at radius 3 is 1.73 bits per heavy atom. The molecule has 132 valence electrons. The minimum absolute atomic E-state index is 0.470. The first-order valence-corrected chi connectivity index (χ1v) is 9.16. The molecule has 0 atom stereocenters. The van der Waals surface area contributed by atoms with Crippen molar-refractivity contribution in [1.29, 1.82) is 0 Å². The highest BCUT2D eigenvalue weighted by Gasteiger charge is 2.30. The molecule has 0 aromatic heterocycles. The van der Waals surface area contributed by atoms with Gasteiger partial charge >= 0.3 is 10.1 Å². The fourth-order valence-electron chi connectivity index (χ4n) is 2.56. The largest absolute Gasteiger partial charge is 0.304 e. The first-order valence-electron chi connectivity index (χ1n) is 7.75. The van der Waals surface area contributed by atoms with E-state index in [1.807, 2.05) is 12.1 Å². The molecule has 0 saturated carbocycles. The van der Waals surface area contributed by atoms with E-state index in [0.29, 0.717) is 11.1 Å². The van der Waals surface area contributed by atoms with Gasteiger partial charge in [-0.1, -0.05) is 72.8 Å². The number of nitro groups is 1. The molecule has 0 heterocycles. The van der Waals surface area contributed by atoms with Crippen LogP contribution < -0.4 is 0 Å². The van der Waals surface area contributed by atoms with Crippen molar-refractivity contribution in [3.05, 3.63) is 106 Å². The molecule has 0 spiro atoms. The van der Waals surface area contributed by atoms with Gasteiger partial charge in [-0.3, -0.25) is 14.3 Å². The van der Waals surface area contributed by atoms with Gasteiger partial charge in [-0.25, -0.2) is 0 Å². The van der Waals surface area contributed by atoms with E-state index in [2.05, 4.69) is 0 Å². The lowest BCUT2D eigenvalue weighted by atomic mass is 10.0. The molecule has 3 aromatic rings. The third kappa shape index (κ3) is 3.79. The van der Waals surface area contributed by atoms with Crippen LogP contribution in [0.3, 0.4) is 0 Å². The van der Waals surface area contributed by atoms with Crippen LogP contribution in [-0.2, 0) is 14.3 Å². The standard InChI is InChI=1S/C19H15NO5S/c21-20(22)17-13-7-8-14-18(17)26(23,24)25-19(15-9-3-1-4-10-15)16-11-5-2-6-12-16/h1-14,19H. The van der Waals surface area contributed by atoms with Gasteiger partial charge in [-0.15, -0.1) is 0 Å². The van der Waals surface area contributed by atoms with Crippen LogP contribution in [0.4, 0.5) is 5.69 Å². The predicted octanol–water partition coefficient (Wildman–Crippen LogP) is 4.09. The smallest absolute Gasteiger partial charge is 0.258 e. The lowest BCUT2D eigenvalue weighted by molar-refractivity contribution is -0.387. The number of para-hydroxylation sites is 1. The van der Waals surface area contributed by atoms with Crippen molar-refractivity contribution >= 4 is 15.8 Å². The Morgan fingerprint density at radius 1 is 0.769 bits per heavy atom. The molecule has 0 aliphatic heterocycles. The van der Waals surface area contributed by atoms with E-state index in [1.54, 1.807) is 48.5 Å². The third-order valence-corrected chi connectivity index (χ3v) is 5.09. The van der Waals surface area contributed by atoms with E-state index in [0.717, 1.165) is 6.07 Å². The fraction of sp³-hybridized carbons (Fsp3) is 0.0526. The summed E-state index contributed by atoms with van der Waals surface area (Å²) in [5, 5.41) is 11.2. The number of hydrogen-bond acceptors (Lipinski definition) is 5. The Kier molecular flexibility index (Phi) is 5.11. The Balaban J connectivity index is 2.06. The van der Waals surface area contributed by atoms with E-state index in [-0.39, 0.29) is 0 Å². The van der Waals surface area contributed by atoms with Crippen molar-refractivity contribution in [2.24, 2.45) is 0 Å². The van der Waals surface area contributed by atoms with E-state index in [9.17, 15) is 18.5 Å². The zero-order chi connectivity index (χ0) is 18.6. The van der Waals surface area contributed by atoms with Crippen LogP contribution in [0.1, 0.15) is 17.2 Å². The summed E-state index contributed by atoms with van der Waals surface area (Å²) in [5.41, 5.74) is 0.731. The molecule has 0 saturated heterocycles. The highest BCUT2D eigenvalue weighted by Crippen LogP contribution is 2.32. The molecule has 0 N–H and O–H groups in total. The number of benzene rings is 3. The van der Waals surface area contributed by atoms with Crippen LogP contribution >= 0.6 is 0 Å². The van der Waals surface area contributed by atoms with Gasteiger partial charge in [0.1, 0.15) is 6.10 Å². The maximum Gasteiger partial charge on any atom is 0.304 e. The average Bonchev–Trinajstić information content (AvgIpc) is 2.67. The first kappa shape index (κ1) is 17.8. The van der Waals surface area contributed by atoms with E-state index >= 15 is 0 Å². The van der Waals surface area contributed by atoms with Crippen LogP contribution in [0.2, 0.25) is 0 Å². The third-order valence-electron chi connectivity index (χ3n) is 3.76. The number of nitrogens with zero attached hydrogens (tertiary/aromatic N) is 1. The Bertz CT molecular complexity index is 965. The van der Waals surface area contributed by atoms with Crippen molar-refractivity contribution in [2.45, 2.75) is 11.0 Å². The summed E-state index contributed by atoms with van der Waals surface area (Å²) >= 11 is 0. The maximum absolute atomic E-state index is 12.8. The first-order chi connectivity index (χ1) is 12.5. The molecule has 0 amide bonds. The van der Waals surface area contributed by atoms with E-state index in [1.165, 1.54) is 18.2 Å². The lowest BCUT2D eigenvalue weighted by Gasteiger charge is -2.18. The summed E-state index contributed by atoms with van der Waals surface area (Å²) in [6.45, 7) is 0. The normalized spacial score (nSPS) is 11.4. The molecule has 6 nitrogen and oxygen atoms in total. The van der Waals surface area contributed by atoms with Crippen LogP contribution in [0, 0.1) is 10.1 Å². The Labute approximate surface area is 151 Å². The summed E-state index contributed by atoms with van der Waals surface area (Å²) < 4.78 is 31.0. The molecular formula is C19H15NO5S. The molecule has 0 aliphatic carbocycles. The maximum atomic E-state index is 12.8. The van der Waals surface area contributed by atoms with Gasteiger partial charge < -0.3 is 0 Å². The van der Waals surface area contributed by atoms with Crippen LogP contribution in [0.15, 0.2) is 89.8 Å². The van der Waals surface area contributed by atoms with Gasteiger partial charge in [0.25, 0.3) is 5.69 Å². The summed E-state index contributed by atoms with van der Waals surface area (Å²) in [5.74, 6) is 0. The van der Waals surface area contributed by atoms with E-state index < -0.39 is 31.7 Å². The van der Waals surface area contributed by atoms with Gasteiger partial charge in [-0.05, 0) is 17.2 Å². The quantitative estimate of drug-likeness (QED) is 0.371. The average molecular weight is 369 g/mol. The van der Waals surface area contributed by atoms with Crippen molar-refractivity contribution < 1.29 is 17.5 Å². The minimum Gasteiger partial charge on any atom is -0.258 e. The predicted molar refractivity (Wildman–Crippen MR) is 96.1 cm³/mol. The molecule has 3 aromatic carbocycles. The number of hydrogen-bond donors (Lipinski definition) is 0. The summed E-state index contributed by atoms with van der Waals surface area (Å²) in [7, 11) is -4.37. The second kappa shape index (κ2) is 7.47. The van der Waals surface area contributed by atoms with Crippen LogP contribution in [0.5, 0.6) is 0 Å². The van der Waals surface area contributed by atoms with Crippen LogP contribution in [-0.4, -0.2) is 13.3 Å². The fourth-order valence-corrected chi connectivity index (χ4v) is 3.78. The molecule has 0 fully saturated rings. The number of rotatable bonds is 6. The number of nitro benzene ring substituents is 1. The molecule has 26 heavy (non-hydrogen) atoms. The summed E-state index contributed by atoms with van der Waals surface area (Å²) in [4.78, 5) is 9.97. The zero-order valence-corrected chi connectivity index (χ0v) is 14.4. The molecule has 7 heteroatoms. The van der Waals surface area contributed by atoms with Gasteiger partial charge in [0, 0.05) is 6.07 Å². The van der Waals surface area contributed by atoms with Gasteiger partial charge in [0.2, 0.25) is 0 Å². The second-order valence-electron chi connectivity index (χ2n) is 5.48. The van der Waals surface area contributed by atoms with Gasteiger partial charge in [-0.2, -0.15) is 8.42 Å². The van der Waals surface area contributed by atoms with Crippen molar-refractivity contribution in [2.75, 3.05) is 0 Å². The highest BCUT2D eigenvalue weighted by atomic mass is 32.2. The van der Waals surface area contributed by atoms with E-state index in [4.69, 9.17) is 4.18 Å². The van der Waals surface area contributed by atoms with Crippen LogP contribution in [0.25, 0.3) is 0 Å². The molecule has 3 rings (SSSR count). The topological polar surface area (TPSA) is 86.5 Å². The van der Waals surface area contributed by atoms with Gasteiger partial charge in [0.05, 0.1) is 4.92 Å². The summed E-state index contributed by atoms with van der Waals surface area (Å²) in [6.07, 6.45) is -0.915. The Hall–Kier alpha value is -3.03. The zero-order valence-electron chi connectivity index (χ0n) is 13.6. The molecule has 0 bridgehead atoms. The van der Waals surface area contributed by atoms with Crippen molar-refractivity contribution in [3.8, 4) is 0 Å².